The highest BCUT2D eigenvalue weighted by atomic mass is 35.5. The van der Waals surface area contributed by atoms with Crippen molar-refractivity contribution in [1.29, 1.82) is 0 Å². The van der Waals surface area contributed by atoms with Gasteiger partial charge in [-0.1, -0.05) is 24.6 Å². The molecule has 3 aromatic rings. The molecule has 1 amide bonds. The number of hydrogen-bond acceptors (Lipinski definition) is 7. The highest BCUT2D eigenvalue weighted by Gasteiger charge is 2.21. The number of aryl methyl sites for hydroxylation is 2. The Morgan fingerprint density at radius 3 is 2.59 bits per heavy atom. The Bertz CT molecular complexity index is 1360. The second kappa shape index (κ2) is 9.57. The van der Waals surface area contributed by atoms with Gasteiger partial charge in [0.2, 0.25) is 21.9 Å². The highest BCUT2D eigenvalue weighted by molar-refractivity contribution is 7.89. The maximum absolute atomic E-state index is 12.5. The van der Waals surface area contributed by atoms with Gasteiger partial charge in [-0.15, -0.1) is 0 Å². The van der Waals surface area contributed by atoms with E-state index in [-0.39, 0.29) is 16.8 Å². The first-order chi connectivity index (χ1) is 16.2. The Labute approximate surface area is 203 Å². The van der Waals surface area contributed by atoms with E-state index < -0.39 is 10.0 Å². The Morgan fingerprint density at radius 1 is 1.09 bits per heavy atom. The molecule has 0 bridgehead atoms. The fourth-order valence-electron chi connectivity index (χ4n) is 3.75. The van der Waals surface area contributed by atoms with Crippen molar-refractivity contribution in [2.75, 3.05) is 29.1 Å². The summed E-state index contributed by atoms with van der Waals surface area (Å²) in [7, 11) is -1.84. The van der Waals surface area contributed by atoms with Crippen molar-refractivity contribution in [2.45, 2.75) is 31.6 Å². The van der Waals surface area contributed by atoms with E-state index in [0.29, 0.717) is 41.5 Å². The normalized spacial score (nSPS) is 13.5. The summed E-state index contributed by atoms with van der Waals surface area (Å²) in [4.78, 5) is 22.4. The van der Waals surface area contributed by atoms with Crippen LogP contribution >= 0.6 is 11.6 Å². The summed E-state index contributed by atoms with van der Waals surface area (Å²) >= 11 is 6.32. The molecule has 2 aromatic carbocycles. The zero-order valence-corrected chi connectivity index (χ0v) is 20.6. The van der Waals surface area contributed by atoms with Crippen molar-refractivity contribution in [2.24, 2.45) is 0 Å². The van der Waals surface area contributed by atoms with Crippen LogP contribution in [0.5, 0.6) is 0 Å². The summed E-state index contributed by atoms with van der Waals surface area (Å²) in [6.45, 7) is 3.76. The summed E-state index contributed by atoms with van der Waals surface area (Å²) in [5.74, 6) is 0.748. The van der Waals surface area contributed by atoms with Gasteiger partial charge >= 0.3 is 0 Å². The first kappa shape index (κ1) is 23.9. The van der Waals surface area contributed by atoms with Crippen LogP contribution in [0.2, 0.25) is 5.02 Å². The number of fused-ring (bicyclic) bond motifs is 1. The molecule has 0 radical (unpaired) electrons. The molecule has 178 valence electrons. The second-order valence-electron chi connectivity index (χ2n) is 7.92. The van der Waals surface area contributed by atoms with E-state index in [1.165, 1.54) is 6.20 Å². The minimum absolute atomic E-state index is 0.0975. The lowest BCUT2D eigenvalue weighted by molar-refractivity contribution is -0.118. The molecule has 0 unspecified atom stereocenters. The number of halogens is 1. The average molecular weight is 501 g/mol. The molecule has 0 atom stereocenters. The number of benzene rings is 2. The highest BCUT2D eigenvalue weighted by Crippen LogP contribution is 2.32. The van der Waals surface area contributed by atoms with Gasteiger partial charge in [0.1, 0.15) is 5.02 Å². The van der Waals surface area contributed by atoms with E-state index >= 15 is 0 Å². The van der Waals surface area contributed by atoms with Crippen molar-refractivity contribution in [1.82, 2.24) is 14.7 Å². The molecule has 11 heteroatoms. The van der Waals surface area contributed by atoms with E-state index in [2.05, 4.69) is 25.3 Å². The van der Waals surface area contributed by atoms with Gasteiger partial charge < -0.3 is 15.5 Å². The number of sulfonamides is 1. The summed E-state index contributed by atoms with van der Waals surface area (Å²) in [6, 6.07) is 10.7. The Balaban J connectivity index is 1.57. The van der Waals surface area contributed by atoms with Crippen LogP contribution in [0, 0.1) is 6.92 Å². The molecule has 34 heavy (non-hydrogen) atoms. The number of anilines is 5. The van der Waals surface area contributed by atoms with Crippen molar-refractivity contribution >= 4 is 56.4 Å². The fourth-order valence-corrected chi connectivity index (χ4v) is 5.20. The van der Waals surface area contributed by atoms with Crippen LogP contribution in [0.15, 0.2) is 47.5 Å². The predicted molar refractivity (Wildman–Crippen MR) is 134 cm³/mol. The molecular formula is C23H25ClN6O3S. The number of nitrogens with one attached hydrogen (secondary N) is 3. The zero-order chi connectivity index (χ0) is 24.5. The first-order valence-corrected chi connectivity index (χ1v) is 12.6. The molecule has 2 heterocycles. The van der Waals surface area contributed by atoms with Crippen molar-refractivity contribution < 1.29 is 13.2 Å². The van der Waals surface area contributed by atoms with E-state index in [9.17, 15) is 13.2 Å². The Morgan fingerprint density at radius 2 is 1.82 bits per heavy atom. The number of aromatic nitrogens is 2. The minimum atomic E-state index is -3.62. The molecule has 1 aliphatic rings. The molecule has 0 saturated carbocycles. The molecule has 0 spiro atoms. The van der Waals surface area contributed by atoms with Crippen molar-refractivity contribution in [3.63, 3.8) is 0 Å². The van der Waals surface area contributed by atoms with E-state index in [1.807, 2.05) is 18.2 Å². The summed E-state index contributed by atoms with van der Waals surface area (Å²) in [5.41, 5.74) is 3.88. The molecule has 0 aliphatic carbocycles. The van der Waals surface area contributed by atoms with Crippen LogP contribution in [0.25, 0.3) is 0 Å². The van der Waals surface area contributed by atoms with Crippen LogP contribution in [0.3, 0.4) is 0 Å². The van der Waals surface area contributed by atoms with Gasteiger partial charge in [0.15, 0.2) is 5.82 Å². The first-order valence-electron chi connectivity index (χ1n) is 10.7. The largest absolute Gasteiger partial charge is 0.339 e. The number of carbonyl (C=O) groups excluding carboxylic acids is 1. The lowest BCUT2D eigenvalue weighted by Crippen LogP contribution is -2.31. The molecule has 4 rings (SSSR count). The maximum Gasteiger partial charge on any atom is 0.240 e. The third kappa shape index (κ3) is 4.98. The average Bonchev–Trinajstić information content (AvgIpc) is 2.80. The van der Waals surface area contributed by atoms with Gasteiger partial charge in [-0.2, -0.15) is 4.98 Å². The van der Waals surface area contributed by atoms with Gasteiger partial charge in [0.25, 0.3) is 0 Å². The van der Waals surface area contributed by atoms with Crippen molar-refractivity contribution in [3.05, 3.63) is 58.7 Å². The van der Waals surface area contributed by atoms with Gasteiger partial charge in [0.05, 0.1) is 11.1 Å². The lowest BCUT2D eigenvalue weighted by atomic mass is 10.0. The topological polar surface area (TPSA) is 116 Å². The van der Waals surface area contributed by atoms with E-state index in [0.717, 1.165) is 16.9 Å². The number of amides is 1. The number of carbonyl (C=O) groups is 1. The summed E-state index contributed by atoms with van der Waals surface area (Å²) in [6.07, 6.45) is 2.61. The summed E-state index contributed by atoms with van der Waals surface area (Å²) in [5, 5.41) is 6.57. The van der Waals surface area contributed by atoms with Gasteiger partial charge in [-0.05, 0) is 54.8 Å². The second-order valence-corrected chi connectivity index (χ2v) is 10.1. The smallest absolute Gasteiger partial charge is 0.240 e. The molecule has 0 fully saturated rings. The molecule has 9 nitrogen and oxygen atoms in total. The minimum Gasteiger partial charge on any atom is -0.339 e. The fraction of sp³-hybridized carbons (Fsp3) is 0.261. The maximum atomic E-state index is 12.5. The molecular weight excluding hydrogens is 476 g/mol. The summed E-state index contributed by atoms with van der Waals surface area (Å²) < 4.78 is 27.5. The van der Waals surface area contributed by atoms with Crippen LogP contribution in [0.1, 0.15) is 24.5 Å². The third-order valence-electron chi connectivity index (χ3n) is 5.50. The zero-order valence-electron chi connectivity index (χ0n) is 19.0. The number of nitrogens with zero attached hydrogens (tertiary/aromatic N) is 3. The van der Waals surface area contributed by atoms with Crippen LogP contribution in [-0.2, 0) is 21.2 Å². The van der Waals surface area contributed by atoms with Crippen LogP contribution in [-0.4, -0.2) is 37.9 Å². The Kier molecular flexibility index (Phi) is 6.74. The molecule has 3 N–H and O–H groups in total. The molecule has 1 aliphatic heterocycles. The van der Waals surface area contributed by atoms with Gasteiger partial charge in [-0.3, -0.25) is 4.79 Å². The quantitative estimate of drug-likeness (QED) is 0.446. The third-order valence-corrected chi connectivity index (χ3v) is 7.46. The molecule has 0 saturated heterocycles. The monoisotopic (exact) mass is 500 g/mol. The van der Waals surface area contributed by atoms with Gasteiger partial charge in [-0.25, -0.2) is 18.1 Å². The lowest BCUT2D eigenvalue weighted by Gasteiger charge is -2.26. The van der Waals surface area contributed by atoms with Crippen LogP contribution in [0.4, 0.5) is 28.8 Å². The van der Waals surface area contributed by atoms with Crippen LogP contribution < -0.4 is 20.3 Å². The molecule has 1 aromatic heterocycles. The van der Waals surface area contributed by atoms with Gasteiger partial charge in [0, 0.05) is 37.1 Å². The SMILES string of the molecule is CCNS(=O)(=O)c1cc(Nc2ncc(Cl)c(Nc3ccc4c(c3)CCC(=O)N4C)n2)ccc1C. The number of hydrogen-bond donors (Lipinski definition) is 3. The number of rotatable bonds is 7. The standard InChI is InChI=1S/C23H25ClN6O3S/c1-4-26-34(32,33)20-12-17(7-5-14(20)2)28-23-25-13-18(24)22(29-23)27-16-8-9-19-15(11-16)6-10-21(31)30(19)3/h5,7-9,11-13,26H,4,6,10H2,1-3H3,(H2,25,27,28,29). The van der Waals surface area contributed by atoms with E-state index in [1.54, 1.807) is 44.0 Å². The van der Waals surface area contributed by atoms with E-state index in [4.69, 9.17) is 11.6 Å². The van der Waals surface area contributed by atoms with Crippen molar-refractivity contribution in [3.8, 4) is 0 Å². The Hall–Kier alpha value is -3.21. The predicted octanol–water partition coefficient (Wildman–Crippen LogP) is 4.13.